The molecule has 3 aromatic rings. The first-order valence-electron chi connectivity index (χ1n) is 6.36. The number of benzene rings is 2. The second kappa shape index (κ2) is 5.18. The molecule has 3 rings (SSSR count). The first-order chi connectivity index (χ1) is 10.1. The molecule has 2 aromatic carbocycles. The van der Waals surface area contributed by atoms with Crippen LogP contribution >= 0.6 is 0 Å². The minimum absolute atomic E-state index is 0.246. The molecule has 1 heterocycles. The summed E-state index contributed by atoms with van der Waals surface area (Å²) in [6.07, 6.45) is 2.52. The van der Waals surface area contributed by atoms with Crippen LogP contribution in [0.5, 0.6) is 0 Å². The summed E-state index contributed by atoms with van der Waals surface area (Å²) in [5.74, 6) is 0.562. The molecule has 0 radical (unpaired) electrons. The molecule has 0 atom stereocenters. The van der Waals surface area contributed by atoms with E-state index in [9.17, 15) is 8.42 Å². The molecule has 0 aliphatic heterocycles. The van der Waals surface area contributed by atoms with Crippen molar-refractivity contribution < 1.29 is 12.8 Å². The first-order valence-corrected chi connectivity index (χ1v) is 8.25. The van der Waals surface area contributed by atoms with Crippen molar-refractivity contribution in [3.8, 4) is 22.6 Å². The monoisotopic (exact) mass is 299 g/mol. The number of aromatic nitrogens is 1. The van der Waals surface area contributed by atoms with Crippen LogP contribution in [0.25, 0.3) is 22.6 Å². The summed E-state index contributed by atoms with van der Waals surface area (Å²) in [5.41, 5.74) is 1.93. The lowest BCUT2D eigenvalue weighted by atomic mass is 10.1. The van der Waals surface area contributed by atoms with E-state index in [1.807, 2.05) is 30.3 Å². The van der Waals surface area contributed by atoms with Crippen molar-refractivity contribution in [2.45, 2.75) is 4.90 Å². The second-order valence-electron chi connectivity index (χ2n) is 4.66. The van der Waals surface area contributed by atoms with Gasteiger partial charge in [0.2, 0.25) is 0 Å². The van der Waals surface area contributed by atoms with Gasteiger partial charge in [-0.25, -0.2) is 13.4 Å². The standard InChI is InChI=1S/C16H13NO3S/c1-21(18,19)14-10-6-5-9-13(14)15-16(20-11-17-15)12-7-3-2-4-8-12/h2-11H,1H3. The lowest BCUT2D eigenvalue weighted by Crippen LogP contribution is -2.00. The van der Waals surface area contributed by atoms with Gasteiger partial charge < -0.3 is 4.42 Å². The van der Waals surface area contributed by atoms with Gasteiger partial charge in [0.15, 0.2) is 22.0 Å². The van der Waals surface area contributed by atoms with Crippen molar-refractivity contribution in [3.63, 3.8) is 0 Å². The van der Waals surface area contributed by atoms with Crippen molar-refractivity contribution in [3.05, 3.63) is 61.0 Å². The van der Waals surface area contributed by atoms with Gasteiger partial charge in [0.1, 0.15) is 5.69 Å². The number of rotatable bonds is 3. The lowest BCUT2D eigenvalue weighted by Gasteiger charge is -2.07. The number of nitrogens with zero attached hydrogens (tertiary/aromatic N) is 1. The van der Waals surface area contributed by atoms with Gasteiger partial charge in [-0.05, 0) is 6.07 Å². The van der Waals surface area contributed by atoms with Crippen LogP contribution in [0.15, 0.2) is 70.3 Å². The summed E-state index contributed by atoms with van der Waals surface area (Å²) in [4.78, 5) is 4.45. The lowest BCUT2D eigenvalue weighted by molar-refractivity contribution is 0.572. The van der Waals surface area contributed by atoms with E-state index in [-0.39, 0.29) is 4.90 Å². The largest absolute Gasteiger partial charge is 0.443 e. The zero-order valence-corrected chi connectivity index (χ0v) is 12.2. The first kappa shape index (κ1) is 13.6. The highest BCUT2D eigenvalue weighted by Gasteiger charge is 2.20. The van der Waals surface area contributed by atoms with E-state index in [0.717, 1.165) is 5.56 Å². The van der Waals surface area contributed by atoms with Crippen LogP contribution in [0.4, 0.5) is 0 Å². The Morgan fingerprint density at radius 2 is 1.62 bits per heavy atom. The van der Waals surface area contributed by atoms with Gasteiger partial charge >= 0.3 is 0 Å². The summed E-state index contributed by atoms with van der Waals surface area (Å²) >= 11 is 0. The Bertz CT molecular complexity index is 867. The summed E-state index contributed by atoms with van der Waals surface area (Å²) < 4.78 is 29.3. The Kier molecular flexibility index (Phi) is 3.35. The topological polar surface area (TPSA) is 60.2 Å². The summed E-state index contributed by atoms with van der Waals surface area (Å²) in [6.45, 7) is 0. The van der Waals surface area contributed by atoms with Gasteiger partial charge in [-0.3, -0.25) is 0 Å². The third kappa shape index (κ3) is 2.60. The SMILES string of the molecule is CS(=O)(=O)c1ccccc1-c1ncoc1-c1ccccc1. The fraction of sp³-hybridized carbons (Fsp3) is 0.0625. The molecule has 4 nitrogen and oxygen atoms in total. The third-order valence-corrected chi connectivity index (χ3v) is 4.30. The van der Waals surface area contributed by atoms with Crippen molar-refractivity contribution in [2.75, 3.05) is 6.26 Å². The molecule has 0 aliphatic rings. The van der Waals surface area contributed by atoms with Gasteiger partial charge in [0.05, 0.1) is 4.90 Å². The highest BCUT2D eigenvalue weighted by atomic mass is 32.2. The van der Waals surface area contributed by atoms with Gasteiger partial charge in [0, 0.05) is 17.4 Å². The quantitative estimate of drug-likeness (QED) is 0.743. The van der Waals surface area contributed by atoms with Crippen LogP contribution in [0.1, 0.15) is 0 Å². The van der Waals surface area contributed by atoms with Crippen molar-refractivity contribution in [1.82, 2.24) is 4.98 Å². The second-order valence-corrected chi connectivity index (χ2v) is 6.65. The molecular formula is C16H13NO3S. The molecule has 21 heavy (non-hydrogen) atoms. The van der Waals surface area contributed by atoms with Crippen LogP contribution < -0.4 is 0 Å². The number of hydrogen-bond donors (Lipinski definition) is 0. The maximum absolute atomic E-state index is 11.9. The van der Waals surface area contributed by atoms with Gasteiger partial charge in [-0.15, -0.1) is 0 Å². The van der Waals surface area contributed by atoms with E-state index in [1.165, 1.54) is 12.6 Å². The zero-order valence-electron chi connectivity index (χ0n) is 11.4. The van der Waals surface area contributed by atoms with E-state index in [2.05, 4.69) is 4.98 Å². The molecule has 1 aromatic heterocycles. The average molecular weight is 299 g/mol. The number of oxazole rings is 1. The van der Waals surface area contributed by atoms with Crippen LogP contribution in [0, 0.1) is 0 Å². The van der Waals surface area contributed by atoms with E-state index >= 15 is 0 Å². The highest BCUT2D eigenvalue weighted by Crippen LogP contribution is 2.34. The van der Waals surface area contributed by atoms with Crippen LogP contribution in [0.3, 0.4) is 0 Å². The minimum atomic E-state index is -3.34. The molecule has 0 saturated heterocycles. The van der Waals surface area contributed by atoms with E-state index in [0.29, 0.717) is 17.0 Å². The highest BCUT2D eigenvalue weighted by molar-refractivity contribution is 7.90. The van der Waals surface area contributed by atoms with Gasteiger partial charge in [0.25, 0.3) is 0 Å². The number of hydrogen-bond acceptors (Lipinski definition) is 4. The number of sulfone groups is 1. The molecule has 0 saturated carbocycles. The molecule has 5 heteroatoms. The van der Waals surface area contributed by atoms with E-state index < -0.39 is 9.84 Å². The molecule has 106 valence electrons. The van der Waals surface area contributed by atoms with Crippen molar-refractivity contribution in [1.29, 1.82) is 0 Å². The van der Waals surface area contributed by atoms with Crippen molar-refractivity contribution >= 4 is 9.84 Å². The van der Waals surface area contributed by atoms with E-state index in [1.54, 1.807) is 24.3 Å². The minimum Gasteiger partial charge on any atom is -0.443 e. The predicted molar refractivity (Wildman–Crippen MR) is 80.5 cm³/mol. The smallest absolute Gasteiger partial charge is 0.182 e. The summed E-state index contributed by atoms with van der Waals surface area (Å²) in [7, 11) is -3.34. The molecule has 0 bridgehead atoms. The molecule has 0 fully saturated rings. The normalized spacial score (nSPS) is 11.5. The Morgan fingerprint density at radius 3 is 2.33 bits per heavy atom. The van der Waals surface area contributed by atoms with E-state index in [4.69, 9.17) is 4.42 Å². The van der Waals surface area contributed by atoms with Gasteiger partial charge in [-0.1, -0.05) is 48.5 Å². The van der Waals surface area contributed by atoms with Crippen LogP contribution in [-0.2, 0) is 9.84 Å². The van der Waals surface area contributed by atoms with Gasteiger partial charge in [-0.2, -0.15) is 0 Å². The molecule has 0 spiro atoms. The van der Waals surface area contributed by atoms with Crippen molar-refractivity contribution in [2.24, 2.45) is 0 Å². The molecule has 0 unspecified atom stereocenters. The summed E-state index contributed by atoms with van der Waals surface area (Å²) in [6, 6.07) is 16.3. The molecular weight excluding hydrogens is 286 g/mol. The fourth-order valence-electron chi connectivity index (χ4n) is 2.22. The zero-order chi connectivity index (χ0) is 14.9. The Hall–Kier alpha value is -2.40. The third-order valence-electron chi connectivity index (χ3n) is 3.15. The molecule has 0 N–H and O–H groups in total. The van der Waals surface area contributed by atoms with Crippen LogP contribution in [-0.4, -0.2) is 19.7 Å². The maximum Gasteiger partial charge on any atom is 0.182 e. The Labute approximate surface area is 123 Å². The predicted octanol–water partition coefficient (Wildman–Crippen LogP) is 3.41. The van der Waals surface area contributed by atoms with Crippen LogP contribution in [0.2, 0.25) is 0 Å². The average Bonchev–Trinajstić information content (AvgIpc) is 2.96. The molecule has 0 aliphatic carbocycles. The fourth-order valence-corrected chi connectivity index (χ4v) is 3.11. The Balaban J connectivity index is 2.23. The summed E-state index contributed by atoms with van der Waals surface area (Å²) in [5, 5.41) is 0. The Morgan fingerprint density at radius 1 is 0.952 bits per heavy atom. The molecule has 0 amide bonds. The maximum atomic E-state index is 11.9.